The molecule has 0 fully saturated rings. The van der Waals surface area contributed by atoms with Gasteiger partial charge in [0.15, 0.2) is 0 Å². The first-order valence-corrected chi connectivity index (χ1v) is 6.82. The SMILES string of the molecule is COc1cc(N)ccc1SC(C)c1ccc(C(=O)O)o1. The van der Waals surface area contributed by atoms with Gasteiger partial charge in [-0.15, -0.1) is 11.8 Å². The van der Waals surface area contributed by atoms with Gasteiger partial charge in [0.05, 0.1) is 17.3 Å². The number of rotatable bonds is 5. The maximum Gasteiger partial charge on any atom is 0.371 e. The predicted octanol–water partition coefficient (Wildman–Crippen LogP) is 3.42. The fraction of sp³-hybridized carbons (Fsp3) is 0.214. The average molecular weight is 293 g/mol. The van der Waals surface area contributed by atoms with Crippen LogP contribution in [0.1, 0.15) is 28.5 Å². The highest BCUT2D eigenvalue weighted by atomic mass is 32.2. The van der Waals surface area contributed by atoms with Crippen molar-refractivity contribution in [2.75, 3.05) is 12.8 Å². The lowest BCUT2D eigenvalue weighted by molar-refractivity contribution is 0.0660. The molecular formula is C14H15NO4S. The highest BCUT2D eigenvalue weighted by molar-refractivity contribution is 7.99. The predicted molar refractivity (Wildman–Crippen MR) is 77.3 cm³/mol. The van der Waals surface area contributed by atoms with E-state index in [1.807, 2.05) is 13.0 Å². The van der Waals surface area contributed by atoms with Gasteiger partial charge in [0.2, 0.25) is 5.76 Å². The first-order chi connectivity index (χ1) is 9.51. The van der Waals surface area contributed by atoms with E-state index >= 15 is 0 Å². The Morgan fingerprint density at radius 1 is 1.40 bits per heavy atom. The molecule has 1 aromatic heterocycles. The van der Waals surface area contributed by atoms with Crippen molar-refractivity contribution >= 4 is 23.4 Å². The summed E-state index contributed by atoms with van der Waals surface area (Å²) >= 11 is 1.51. The maximum atomic E-state index is 10.8. The summed E-state index contributed by atoms with van der Waals surface area (Å²) in [5, 5.41) is 8.81. The third kappa shape index (κ3) is 3.08. The first-order valence-electron chi connectivity index (χ1n) is 5.94. The molecular weight excluding hydrogens is 278 g/mol. The Balaban J connectivity index is 2.18. The number of carboxylic acid groups (broad SMARTS) is 1. The molecule has 106 valence electrons. The number of benzene rings is 1. The second-order valence-corrected chi connectivity index (χ2v) is 5.56. The summed E-state index contributed by atoms with van der Waals surface area (Å²) in [4.78, 5) is 11.7. The minimum absolute atomic E-state index is 0.0411. The van der Waals surface area contributed by atoms with Crippen LogP contribution in [0.3, 0.4) is 0 Å². The summed E-state index contributed by atoms with van der Waals surface area (Å²) in [6.07, 6.45) is 0. The van der Waals surface area contributed by atoms with Crippen molar-refractivity contribution < 1.29 is 19.1 Å². The number of hydrogen-bond donors (Lipinski definition) is 2. The van der Waals surface area contributed by atoms with E-state index in [0.29, 0.717) is 17.2 Å². The number of nitrogens with two attached hydrogens (primary N) is 1. The zero-order valence-electron chi connectivity index (χ0n) is 11.1. The van der Waals surface area contributed by atoms with Gasteiger partial charge in [0.1, 0.15) is 11.5 Å². The van der Waals surface area contributed by atoms with E-state index in [1.165, 1.54) is 17.8 Å². The number of methoxy groups -OCH3 is 1. The molecule has 0 amide bonds. The minimum atomic E-state index is -1.07. The van der Waals surface area contributed by atoms with Crippen LogP contribution in [-0.4, -0.2) is 18.2 Å². The molecule has 0 aliphatic rings. The molecule has 6 heteroatoms. The van der Waals surface area contributed by atoms with Gasteiger partial charge >= 0.3 is 5.97 Å². The van der Waals surface area contributed by atoms with Crippen molar-refractivity contribution in [1.82, 2.24) is 0 Å². The maximum absolute atomic E-state index is 10.8. The second kappa shape index (κ2) is 5.92. The summed E-state index contributed by atoms with van der Waals surface area (Å²) in [6, 6.07) is 8.54. The van der Waals surface area contributed by atoms with Crippen molar-refractivity contribution in [3.8, 4) is 5.75 Å². The Morgan fingerprint density at radius 2 is 2.15 bits per heavy atom. The number of anilines is 1. The van der Waals surface area contributed by atoms with Crippen molar-refractivity contribution in [2.24, 2.45) is 0 Å². The lowest BCUT2D eigenvalue weighted by Crippen LogP contribution is -1.93. The molecule has 0 saturated carbocycles. The number of nitrogen functional groups attached to an aromatic ring is 1. The third-order valence-corrected chi connectivity index (χ3v) is 3.91. The monoisotopic (exact) mass is 293 g/mol. The lowest BCUT2D eigenvalue weighted by Gasteiger charge is -2.12. The molecule has 0 radical (unpaired) electrons. The van der Waals surface area contributed by atoms with Crippen LogP contribution in [0.5, 0.6) is 5.75 Å². The summed E-state index contributed by atoms with van der Waals surface area (Å²) < 4.78 is 10.6. The van der Waals surface area contributed by atoms with Gasteiger partial charge in [-0.2, -0.15) is 0 Å². The zero-order valence-corrected chi connectivity index (χ0v) is 11.9. The molecule has 2 aromatic rings. The first kappa shape index (κ1) is 14.3. The van der Waals surface area contributed by atoms with Gasteiger partial charge in [-0.05, 0) is 31.2 Å². The van der Waals surface area contributed by atoms with Crippen molar-refractivity contribution in [3.63, 3.8) is 0 Å². The quantitative estimate of drug-likeness (QED) is 0.649. The number of hydrogen-bond acceptors (Lipinski definition) is 5. The Kier molecular flexibility index (Phi) is 4.24. The van der Waals surface area contributed by atoms with E-state index in [9.17, 15) is 4.79 Å². The summed E-state index contributed by atoms with van der Waals surface area (Å²) in [5.41, 5.74) is 6.34. The molecule has 0 spiro atoms. The van der Waals surface area contributed by atoms with E-state index in [1.54, 1.807) is 25.3 Å². The van der Waals surface area contributed by atoms with Crippen LogP contribution in [0.15, 0.2) is 39.6 Å². The summed E-state index contributed by atoms with van der Waals surface area (Å²) in [7, 11) is 1.58. The van der Waals surface area contributed by atoms with Crippen molar-refractivity contribution in [3.05, 3.63) is 41.9 Å². The molecule has 3 N–H and O–H groups in total. The normalized spacial score (nSPS) is 12.1. The van der Waals surface area contributed by atoms with Crippen molar-refractivity contribution in [2.45, 2.75) is 17.1 Å². The highest BCUT2D eigenvalue weighted by Gasteiger charge is 2.17. The Bertz CT molecular complexity index is 623. The molecule has 2 rings (SSSR count). The van der Waals surface area contributed by atoms with Crippen LogP contribution in [0.2, 0.25) is 0 Å². The smallest absolute Gasteiger partial charge is 0.371 e. The van der Waals surface area contributed by atoms with Gasteiger partial charge in [-0.1, -0.05) is 0 Å². The number of thioether (sulfide) groups is 1. The number of ether oxygens (including phenoxy) is 1. The molecule has 0 bridgehead atoms. The second-order valence-electron chi connectivity index (χ2n) is 4.18. The van der Waals surface area contributed by atoms with Crippen LogP contribution >= 0.6 is 11.8 Å². The standard InChI is InChI=1S/C14H15NO4S/c1-8(10-4-5-11(19-10)14(16)17)20-13-6-3-9(15)7-12(13)18-2/h3-8H,15H2,1-2H3,(H,16,17). The van der Waals surface area contributed by atoms with Gasteiger partial charge in [-0.3, -0.25) is 0 Å². The van der Waals surface area contributed by atoms with Gasteiger partial charge in [0, 0.05) is 11.8 Å². The molecule has 0 saturated heterocycles. The third-order valence-electron chi connectivity index (χ3n) is 2.73. The Labute approximate surface area is 120 Å². The molecule has 1 aromatic carbocycles. The van der Waals surface area contributed by atoms with Gasteiger partial charge in [0.25, 0.3) is 0 Å². The average Bonchev–Trinajstić information content (AvgIpc) is 2.90. The zero-order chi connectivity index (χ0) is 14.7. The van der Waals surface area contributed by atoms with Crippen molar-refractivity contribution in [1.29, 1.82) is 0 Å². The number of carboxylic acids is 1. The van der Waals surface area contributed by atoms with Crippen LogP contribution in [0.4, 0.5) is 5.69 Å². The number of aromatic carboxylic acids is 1. The van der Waals surface area contributed by atoms with E-state index < -0.39 is 5.97 Å². The lowest BCUT2D eigenvalue weighted by atomic mass is 10.3. The van der Waals surface area contributed by atoms with Crippen LogP contribution in [0, 0.1) is 0 Å². The van der Waals surface area contributed by atoms with E-state index in [2.05, 4.69) is 0 Å². The summed E-state index contributed by atoms with van der Waals surface area (Å²) in [6.45, 7) is 1.94. The molecule has 5 nitrogen and oxygen atoms in total. The molecule has 1 heterocycles. The molecule has 0 aliphatic heterocycles. The molecule has 1 atom stereocenters. The topological polar surface area (TPSA) is 85.7 Å². The van der Waals surface area contributed by atoms with E-state index in [0.717, 1.165) is 4.90 Å². The van der Waals surface area contributed by atoms with Crippen LogP contribution < -0.4 is 10.5 Å². The fourth-order valence-corrected chi connectivity index (χ4v) is 2.75. The Morgan fingerprint density at radius 3 is 2.75 bits per heavy atom. The van der Waals surface area contributed by atoms with E-state index in [4.69, 9.17) is 20.0 Å². The van der Waals surface area contributed by atoms with Gasteiger partial charge < -0.3 is 20.0 Å². The number of furan rings is 1. The Hall–Kier alpha value is -2.08. The van der Waals surface area contributed by atoms with Crippen LogP contribution in [-0.2, 0) is 0 Å². The molecule has 20 heavy (non-hydrogen) atoms. The van der Waals surface area contributed by atoms with E-state index in [-0.39, 0.29) is 11.0 Å². The largest absolute Gasteiger partial charge is 0.496 e. The van der Waals surface area contributed by atoms with Crippen LogP contribution in [0.25, 0.3) is 0 Å². The molecule has 0 aliphatic carbocycles. The minimum Gasteiger partial charge on any atom is -0.496 e. The van der Waals surface area contributed by atoms with Gasteiger partial charge in [-0.25, -0.2) is 4.79 Å². The fourth-order valence-electron chi connectivity index (χ4n) is 1.72. The summed E-state index contributed by atoms with van der Waals surface area (Å²) in [5.74, 6) is 0.161. The molecule has 1 unspecified atom stereocenters. The number of carbonyl (C=O) groups is 1. The highest BCUT2D eigenvalue weighted by Crippen LogP contribution is 2.40.